The number of hydrogen-bond acceptors (Lipinski definition) is 4. The van der Waals surface area contributed by atoms with E-state index in [1.54, 1.807) is 21.3 Å². The zero-order valence-corrected chi connectivity index (χ0v) is 31.3. The van der Waals surface area contributed by atoms with Crippen LogP contribution in [0.1, 0.15) is 86.8 Å². The molecule has 9 rings (SSSR count). The summed E-state index contributed by atoms with van der Waals surface area (Å²) in [6, 6.07) is 30.6. The van der Waals surface area contributed by atoms with E-state index >= 15 is 0 Å². The minimum Gasteiger partial charge on any atom is -0.497 e. The van der Waals surface area contributed by atoms with Crippen LogP contribution in [-0.2, 0) is 16.4 Å². The lowest BCUT2D eigenvalue weighted by molar-refractivity contribution is 0.153. The predicted octanol–water partition coefficient (Wildman–Crippen LogP) is 11.7. The van der Waals surface area contributed by atoms with Crippen LogP contribution >= 0.6 is 0 Å². The zero-order chi connectivity index (χ0) is 36.0. The van der Waals surface area contributed by atoms with Crippen LogP contribution in [0.3, 0.4) is 0 Å². The number of methoxy groups -OCH3 is 3. The van der Waals surface area contributed by atoms with Crippen LogP contribution in [0.5, 0.6) is 23.0 Å². The van der Waals surface area contributed by atoms with Gasteiger partial charge >= 0.3 is 0 Å². The quantitative estimate of drug-likeness (QED) is 0.171. The van der Waals surface area contributed by atoms with Crippen LogP contribution in [0.25, 0.3) is 33.5 Å². The normalized spacial score (nSPS) is 19.9. The molecule has 0 amide bonds. The smallest absolute Gasteiger partial charge is 0.174 e. The average molecular weight is 687 g/mol. The Morgan fingerprint density at radius 3 is 2.04 bits per heavy atom. The van der Waals surface area contributed by atoms with Gasteiger partial charge in [0.25, 0.3) is 0 Å². The molecule has 0 saturated carbocycles. The van der Waals surface area contributed by atoms with E-state index in [0.717, 1.165) is 59.1 Å². The second kappa shape index (κ2) is 11.6. The molecule has 1 heterocycles. The molecule has 4 nitrogen and oxygen atoms in total. The molecule has 1 aliphatic heterocycles. The van der Waals surface area contributed by atoms with Gasteiger partial charge < -0.3 is 18.9 Å². The van der Waals surface area contributed by atoms with Crippen molar-refractivity contribution in [2.24, 2.45) is 0 Å². The first-order chi connectivity index (χ1) is 25.3. The maximum Gasteiger partial charge on any atom is 0.174 e. The Morgan fingerprint density at radius 1 is 0.712 bits per heavy atom. The highest BCUT2D eigenvalue weighted by molar-refractivity contribution is 6.09. The Labute approximate surface area is 307 Å². The van der Waals surface area contributed by atoms with E-state index < -0.39 is 5.60 Å². The third-order valence-corrected chi connectivity index (χ3v) is 12.8. The molecular formula is C48H46O4. The number of benzene rings is 5. The number of ether oxygens (including phenoxy) is 4. The van der Waals surface area contributed by atoms with Crippen LogP contribution in [-0.4, -0.2) is 21.3 Å². The first kappa shape index (κ1) is 32.7. The molecule has 0 spiro atoms. The van der Waals surface area contributed by atoms with Gasteiger partial charge in [0, 0.05) is 27.3 Å². The highest BCUT2D eigenvalue weighted by Gasteiger charge is 2.48. The molecule has 0 N–H and O–H groups in total. The third kappa shape index (κ3) is 4.21. The van der Waals surface area contributed by atoms with Crippen molar-refractivity contribution in [3.05, 3.63) is 142 Å². The molecule has 0 aromatic heterocycles. The van der Waals surface area contributed by atoms with Crippen molar-refractivity contribution >= 4 is 22.4 Å². The summed E-state index contributed by atoms with van der Waals surface area (Å²) in [4.78, 5) is 0. The van der Waals surface area contributed by atoms with E-state index in [2.05, 4.69) is 131 Å². The van der Waals surface area contributed by atoms with Crippen LogP contribution in [0.4, 0.5) is 0 Å². The largest absolute Gasteiger partial charge is 0.497 e. The highest BCUT2D eigenvalue weighted by Crippen LogP contribution is 2.62. The number of fused-ring (bicyclic) bond motifs is 10. The fourth-order valence-electron chi connectivity index (χ4n) is 10.1. The Morgan fingerprint density at radius 2 is 1.37 bits per heavy atom. The van der Waals surface area contributed by atoms with E-state index in [9.17, 15) is 0 Å². The van der Waals surface area contributed by atoms with Crippen LogP contribution in [0.2, 0.25) is 0 Å². The first-order valence-electron chi connectivity index (χ1n) is 18.7. The van der Waals surface area contributed by atoms with Gasteiger partial charge in [-0.1, -0.05) is 101 Å². The van der Waals surface area contributed by atoms with Crippen molar-refractivity contribution in [3.8, 4) is 34.1 Å². The highest BCUT2D eigenvalue weighted by atomic mass is 16.5. The van der Waals surface area contributed by atoms with Gasteiger partial charge in [0.05, 0.1) is 21.3 Å². The van der Waals surface area contributed by atoms with Crippen molar-refractivity contribution in [2.75, 3.05) is 21.3 Å². The molecule has 4 heteroatoms. The van der Waals surface area contributed by atoms with Gasteiger partial charge in [0.2, 0.25) is 0 Å². The van der Waals surface area contributed by atoms with Gasteiger partial charge in [0.1, 0.15) is 11.5 Å². The van der Waals surface area contributed by atoms with E-state index in [-0.39, 0.29) is 10.8 Å². The van der Waals surface area contributed by atoms with Crippen molar-refractivity contribution in [1.82, 2.24) is 0 Å². The summed E-state index contributed by atoms with van der Waals surface area (Å²) in [7, 11) is 5.14. The fourth-order valence-corrected chi connectivity index (χ4v) is 10.1. The molecule has 5 aromatic rings. The van der Waals surface area contributed by atoms with Crippen molar-refractivity contribution in [3.63, 3.8) is 0 Å². The summed E-state index contributed by atoms with van der Waals surface area (Å²) in [5.41, 5.74) is 13.3. The molecule has 0 saturated heterocycles. The molecule has 262 valence electrons. The molecule has 1 atom stereocenters. The van der Waals surface area contributed by atoms with Crippen molar-refractivity contribution in [2.45, 2.75) is 69.8 Å². The molecule has 52 heavy (non-hydrogen) atoms. The third-order valence-electron chi connectivity index (χ3n) is 12.8. The van der Waals surface area contributed by atoms with Crippen LogP contribution in [0, 0.1) is 0 Å². The maximum absolute atomic E-state index is 7.79. The van der Waals surface area contributed by atoms with Gasteiger partial charge in [-0.15, -0.1) is 0 Å². The van der Waals surface area contributed by atoms with Gasteiger partial charge in [0.15, 0.2) is 17.1 Å². The Hall–Kier alpha value is -5.22. The second-order valence-corrected chi connectivity index (χ2v) is 15.2. The summed E-state index contributed by atoms with van der Waals surface area (Å²) >= 11 is 0. The Kier molecular flexibility index (Phi) is 7.32. The van der Waals surface area contributed by atoms with Crippen molar-refractivity contribution < 1.29 is 18.9 Å². The number of rotatable bonds is 7. The molecule has 0 fully saturated rings. The summed E-state index contributed by atoms with van der Waals surface area (Å²) in [6.45, 7) is 9.39. The standard InChI is InChI=1S/C48H46O4/c1-8-47(9-2)39-17-13-11-15-34(39)43-36-27-41(50-6)42(51-7)28-37(36)45-35(44(43)47)24-25-48(52-45,29-18-21-31(49-5)22-19-29)30-20-23-33-32-14-10-12-16-38(32)46(3,4)40(33)26-30/h10-19,21-22,24-28H,8-9,20,23H2,1-7H3. The lowest BCUT2D eigenvalue weighted by atomic mass is 9.70. The summed E-state index contributed by atoms with van der Waals surface area (Å²) in [5, 5.41) is 2.15. The van der Waals surface area contributed by atoms with Gasteiger partial charge in [-0.3, -0.25) is 0 Å². The Bertz CT molecular complexity index is 2380. The number of hydrogen-bond donors (Lipinski definition) is 0. The molecule has 0 bridgehead atoms. The van der Waals surface area contributed by atoms with E-state index in [1.807, 2.05) is 0 Å². The Balaban J connectivity index is 1.35. The zero-order valence-electron chi connectivity index (χ0n) is 31.3. The fraction of sp³-hybridized carbons (Fsp3) is 0.292. The SMILES string of the molecule is CCC1(CC)c2ccccc2-c2c1c1c(c3cc(OC)c(OC)cc23)OC(C2=CC3=C(CC2)c2ccccc2C3(C)C)(c2ccc(OC)cc2)C=C1. The molecule has 1 unspecified atom stereocenters. The molecule has 0 radical (unpaired) electrons. The minimum atomic E-state index is -0.844. The summed E-state index contributed by atoms with van der Waals surface area (Å²) < 4.78 is 25.3. The summed E-state index contributed by atoms with van der Waals surface area (Å²) in [5.74, 6) is 3.11. The summed E-state index contributed by atoms with van der Waals surface area (Å²) in [6.07, 6.45) is 11.0. The lowest BCUT2D eigenvalue weighted by Crippen LogP contribution is -2.37. The number of allylic oxidation sites excluding steroid dienone is 3. The topological polar surface area (TPSA) is 36.9 Å². The van der Waals surface area contributed by atoms with E-state index in [0.29, 0.717) is 11.5 Å². The predicted molar refractivity (Wildman–Crippen MR) is 212 cm³/mol. The van der Waals surface area contributed by atoms with E-state index in [1.165, 1.54) is 50.1 Å². The second-order valence-electron chi connectivity index (χ2n) is 15.2. The van der Waals surface area contributed by atoms with Crippen molar-refractivity contribution in [1.29, 1.82) is 0 Å². The van der Waals surface area contributed by atoms with Crippen LogP contribution in [0.15, 0.2) is 108 Å². The average Bonchev–Trinajstić information content (AvgIpc) is 3.62. The van der Waals surface area contributed by atoms with Gasteiger partial charge in [-0.05, 0) is 112 Å². The molecule has 4 aliphatic rings. The minimum absolute atomic E-state index is 0.111. The molecule has 3 aliphatic carbocycles. The maximum atomic E-state index is 7.79. The first-order valence-corrected chi connectivity index (χ1v) is 18.7. The van der Waals surface area contributed by atoms with Crippen LogP contribution < -0.4 is 18.9 Å². The molecule has 5 aromatic carbocycles. The monoisotopic (exact) mass is 686 g/mol. The van der Waals surface area contributed by atoms with E-state index in [4.69, 9.17) is 18.9 Å². The van der Waals surface area contributed by atoms with Gasteiger partial charge in [-0.2, -0.15) is 0 Å². The lowest BCUT2D eigenvalue weighted by Gasteiger charge is -2.42. The molecular weight excluding hydrogens is 641 g/mol. The van der Waals surface area contributed by atoms with Gasteiger partial charge in [-0.25, -0.2) is 0 Å².